The zero-order valence-electron chi connectivity index (χ0n) is 14.0. The molecule has 0 radical (unpaired) electrons. The monoisotopic (exact) mass is 347 g/mol. The van der Waals surface area contributed by atoms with Gasteiger partial charge in [-0.15, -0.1) is 0 Å². The fourth-order valence-corrected chi connectivity index (χ4v) is 5.20. The minimum atomic E-state index is -0.460. The van der Waals surface area contributed by atoms with Gasteiger partial charge in [-0.05, 0) is 42.2 Å². The van der Waals surface area contributed by atoms with Gasteiger partial charge < -0.3 is 5.32 Å². The van der Waals surface area contributed by atoms with E-state index in [1.807, 2.05) is 6.07 Å². The van der Waals surface area contributed by atoms with Gasteiger partial charge >= 0.3 is 0 Å². The molecule has 1 aliphatic heterocycles. The summed E-state index contributed by atoms with van der Waals surface area (Å²) >= 11 is 0. The Morgan fingerprint density at radius 2 is 1.73 bits per heavy atom. The predicted molar refractivity (Wildman–Crippen MR) is 91.2 cm³/mol. The van der Waals surface area contributed by atoms with Crippen molar-refractivity contribution in [3.63, 3.8) is 0 Å². The van der Waals surface area contributed by atoms with Crippen molar-refractivity contribution in [1.29, 1.82) is 5.26 Å². The lowest BCUT2D eigenvalue weighted by atomic mass is 9.63. The molecule has 6 heteroatoms. The molecule has 0 unspecified atom stereocenters. The highest BCUT2D eigenvalue weighted by Gasteiger charge is 2.67. The van der Waals surface area contributed by atoms with Crippen LogP contribution in [0.25, 0.3) is 0 Å². The number of para-hydroxylation sites is 1. The van der Waals surface area contributed by atoms with Crippen molar-refractivity contribution in [2.45, 2.75) is 6.42 Å². The van der Waals surface area contributed by atoms with Gasteiger partial charge in [0.2, 0.25) is 17.7 Å². The molecule has 1 N–H and O–H groups in total. The van der Waals surface area contributed by atoms with Gasteiger partial charge in [0.25, 0.3) is 0 Å². The van der Waals surface area contributed by atoms with E-state index < -0.39 is 5.91 Å². The van der Waals surface area contributed by atoms with Crippen molar-refractivity contribution < 1.29 is 14.4 Å². The van der Waals surface area contributed by atoms with Crippen LogP contribution < -0.4 is 5.32 Å². The molecular weight excluding hydrogens is 330 g/mol. The molecule has 2 bridgehead atoms. The molecule has 6 atom stereocenters. The number of nitrogens with one attached hydrogen (secondary N) is 1. The quantitative estimate of drug-likeness (QED) is 0.663. The Morgan fingerprint density at radius 1 is 1.12 bits per heavy atom. The van der Waals surface area contributed by atoms with Gasteiger partial charge in [0.1, 0.15) is 12.6 Å². The van der Waals surface area contributed by atoms with E-state index in [9.17, 15) is 14.4 Å². The number of carbonyl (C=O) groups excluding carboxylic acids is 3. The maximum atomic E-state index is 12.9. The molecule has 2 saturated carbocycles. The lowest BCUT2D eigenvalue weighted by Gasteiger charge is -2.37. The van der Waals surface area contributed by atoms with Crippen molar-refractivity contribution in [3.8, 4) is 6.07 Å². The van der Waals surface area contributed by atoms with Gasteiger partial charge in [0.05, 0.1) is 23.1 Å². The smallest absolute Gasteiger partial charge is 0.244 e. The summed E-state index contributed by atoms with van der Waals surface area (Å²) < 4.78 is 0. The fraction of sp³-hybridized carbons (Fsp3) is 0.400. The Bertz CT molecular complexity index is 879. The summed E-state index contributed by atoms with van der Waals surface area (Å²) in [6, 6.07) is 8.67. The van der Waals surface area contributed by atoms with E-state index in [-0.39, 0.29) is 42.0 Å². The molecule has 5 aliphatic rings. The SMILES string of the molecule is N#Cc1ccccc1NC(=O)CN1C(=O)[C@@H]2[C@H]3C=C[C@@H]([C@@H]4C[C@@H]34)[C@@H]2C1=O. The summed E-state index contributed by atoms with van der Waals surface area (Å²) in [5.74, 6) is -0.0857. The van der Waals surface area contributed by atoms with Gasteiger partial charge in [-0.2, -0.15) is 5.26 Å². The van der Waals surface area contributed by atoms with Gasteiger partial charge in [-0.25, -0.2) is 0 Å². The third kappa shape index (κ3) is 2.00. The summed E-state index contributed by atoms with van der Waals surface area (Å²) in [7, 11) is 0. The molecule has 1 heterocycles. The second-order valence-electron chi connectivity index (χ2n) is 7.62. The number of hydrogen-bond acceptors (Lipinski definition) is 4. The van der Waals surface area contributed by atoms with E-state index in [1.54, 1.807) is 24.3 Å². The van der Waals surface area contributed by atoms with E-state index in [0.29, 0.717) is 23.1 Å². The number of benzene rings is 1. The fourth-order valence-electron chi connectivity index (χ4n) is 5.20. The second-order valence-corrected chi connectivity index (χ2v) is 7.62. The molecule has 3 fully saturated rings. The molecule has 0 spiro atoms. The number of imide groups is 1. The Hall–Kier alpha value is -2.94. The van der Waals surface area contributed by atoms with Crippen LogP contribution in [0.4, 0.5) is 5.69 Å². The van der Waals surface area contributed by atoms with Gasteiger partial charge in [-0.3, -0.25) is 19.3 Å². The molecule has 130 valence electrons. The average Bonchev–Trinajstić information content (AvgIpc) is 3.43. The van der Waals surface area contributed by atoms with Crippen LogP contribution in [0, 0.1) is 46.8 Å². The normalized spacial score (nSPS) is 35.7. The van der Waals surface area contributed by atoms with Crippen molar-refractivity contribution in [2.24, 2.45) is 35.5 Å². The van der Waals surface area contributed by atoms with E-state index >= 15 is 0 Å². The molecular formula is C20H17N3O3. The Labute approximate surface area is 150 Å². The van der Waals surface area contributed by atoms with Crippen LogP contribution in [0.2, 0.25) is 0 Å². The van der Waals surface area contributed by atoms with Crippen LogP contribution >= 0.6 is 0 Å². The summed E-state index contributed by atoms with van der Waals surface area (Å²) in [5, 5.41) is 11.8. The van der Waals surface area contributed by atoms with Crippen molar-refractivity contribution in [3.05, 3.63) is 42.0 Å². The summed E-state index contributed by atoms with van der Waals surface area (Å²) in [4.78, 5) is 39.2. The Kier molecular flexibility index (Phi) is 3.11. The summed E-state index contributed by atoms with van der Waals surface area (Å²) in [6.45, 7) is -0.292. The van der Waals surface area contributed by atoms with Crippen LogP contribution in [0.5, 0.6) is 0 Å². The van der Waals surface area contributed by atoms with Crippen molar-refractivity contribution in [2.75, 3.05) is 11.9 Å². The molecule has 1 aromatic carbocycles. The first-order valence-corrected chi connectivity index (χ1v) is 8.92. The van der Waals surface area contributed by atoms with Gasteiger partial charge in [0, 0.05) is 0 Å². The lowest BCUT2D eigenvalue weighted by Crippen LogP contribution is -2.40. The molecule has 6 nitrogen and oxygen atoms in total. The van der Waals surface area contributed by atoms with Gasteiger partial charge in [0.15, 0.2) is 0 Å². The topological polar surface area (TPSA) is 90.3 Å². The lowest BCUT2D eigenvalue weighted by molar-refractivity contribution is -0.142. The number of anilines is 1. The first-order valence-electron chi connectivity index (χ1n) is 8.92. The number of nitriles is 1. The molecule has 6 rings (SSSR count). The molecule has 1 saturated heterocycles. The van der Waals surface area contributed by atoms with Crippen molar-refractivity contribution in [1.82, 2.24) is 4.90 Å². The number of allylic oxidation sites excluding steroid dienone is 2. The number of rotatable bonds is 3. The Morgan fingerprint density at radius 3 is 2.35 bits per heavy atom. The molecule has 1 aromatic rings. The maximum Gasteiger partial charge on any atom is 0.244 e. The zero-order valence-corrected chi connectivity index (χ0v) is 14.0. The number of carbonyl (C=O) groups is 3. The van der Waals surface area contributed by atoms with E-state index in [1.165, 1.54) is 0 Å². The number of hydrogen-bond donors (Lipinski definition) is 1. The predicted octanol–water partition coefficient (Wildman–Crippen LogP) is 1.55. The minimum Gasteiger partial charge on any atom is -0.323 e. The summed E-state index contributed by atoms with van der Waals surface area (Å²) in [6.07, 6.45) is 5.33. The van der Waals surface area contributed by atoms with Crippen LogP contribution in [0.1, 0.15) is 12.0 Å². The first-order chi connectivity index (χ1) is 12.6. The highest BCUT2D eigenvalue weighted by Crippen LogP contribution is 2.65. The molecule has 0 aromatic heterocycles. The third-order valence-electron chi connectivity index (χ3n) is 6.38. The Balaban J connectivity index is 1.34. The van der Waals surface area contributed by atoms with E-state index in [4.69, 9.17) is 5.26 Å². The minimum absolute atomic E-state index is 0.152. The summed E-state index contributed by atoms with van der Waals surface area (Å²) in [5.41, 5.74) is 0.732. The van der Waals surface area contributed by atoms with Crippen LogP contribution in [-0.2, 0) is 14.4 Å². The number of nitrogens with zero attached hydrogens (tertiary/aromatic N) is 2. The maximum absolute atomic E-state index is 12.9. The highest BCUT2D eigenvalue weighted by atomic mass is 16.2. The molecule has 4 aliphatic carbocycles. The van der Waals surface area contributed by atoms with Gasteiger partial charge in [-0.1, -0.05) is 24.3 Å². The zero-order chi connectivity index (χ0) is 18.0. The van der Waals surface area contributed by atoms with E-state index in [2.05, 4.69) is 17.5 Å². The largest absolute Gasteiger partial charge is 0.323 e. The van der Waals surface area contributed by atoms with E-state index in [0.717, 1.165) is 11.3 Å². The standard InChI is InChI=1S/C20H17N3O3/c21-8-10-3-1-2-4-15(10)22-16(24)9-23-19(25)17-11-5-6-12(14-7-13(11)14)18(17)20(23)26/h1-6,11-14,17-18H,7,9H2,(H,22,24)/t11-,12-,13-,14-,17-,18+/m0/s1. The van der Waals surface area contributed by atoms with Crippen LogP contribution in [-0.4, -0.2) is 29.2 Å². The van der Waals surface area contributed by atoms with Crippen LogP contribution in [0.3, 0.4) is 0 Å². The van der Waals surface area contributed by atoms with Crippen molar-refractivity contribution >= 4 is 23.4 Å². The molecule has 26 heavy (non-hydrogen) atoms. The molecule has 3 amide bonds. The average molecular weight is 347 g/mol. The number of likely N-dealkylation sites (tertiary alicyclic amines) is 1. The van der Waals surface area contributed by atoms with Crippen LogP contribution in [0.15, 0.2) is 36.4 Å². The third-order valence-corrected chi connectivity index (χ3v) is 6.38. The second kappa shape index (κ2) is 5.28. The first kappa shape index (κ1) is 15.3. The highest BCUT2D eigenvalue weighted by molar-refractivity contribution is 6.09. The number of amides is 3.